The minimum absolute atomic E-state index is 0.00436. The Kier molecular flexibility index (Phi) is 15.0. The number of anilines is 1. The first kappa shape index (κ1) is 45.6. The van der Waals surface area contributed by atoms with E-state index in [9.17, 15) is 10.2 Å². The van der Waals surface area contributed by atoms with E-state index in [0.29, 0.717) is 17.7 Å². The van der Waals surface area contributed by atoms with Gasteiger partial charge in [-0.05, 0) is 97.7 Å². The summed E-state index contributed by atoms with van der Waals surface area (Å²) in [4.78, 5) is 18.5. The van der Waals surface area contributed by atoms with Crippen molar-refractivity contribution in [3.63, 3.8) is 0 Å². The Labute approximate surface area is 356 Å². The van der Waals surface area contributed by atoms with Crippen molar-refractivity contribution in [3.8, 4) is 51.0 Å². The summed E-state index contributed by atoms with van der Waals surface area (Å²) >= 11 is 0. The zero-order chi connectivity index (χ0) is 43.8. The lowest BCUT2D eigenvalue weighted by Crippen LogP contribution is -2.18. The van der Waals surface area contributed by atoms with Crippen LogP contribution in [0.2, 0.25) is 0 Å². The average molecular weight is 810 g/mol. The second kappa shape index (κ2) is 19.7. The van der Waals surface area contributed by atoms with Gasteiger partial charge in [-0.3, -0.25) is 0 Å². The molecule has 0 aliphatic carbocycles. The molecule has 0 saturated heterocycles. The van der Waals surface area contributed by atoms with Crippen LogP contribution < -0.4 is 21.5 Å². The van der Waals surface area contributed by atoms with E-state index >= 15 is 0 Å². The maximum atomic E-state index is 9.23. The maximum absolute atomic E-state index is 9.23. The molecule has 2 heterocycles. The van der Waals surface area contributed by atoms with Crippen LogP contribution >= 0.6 is 0 Å². The quantitative estimate of drug-likeness (QED) is 0.0804. The summed E-state index contributed by atoms with van der Waals surface area (Å²) in [5.74, 6) is 2.22. The molecule has 2 aromatic heterocycles. The highest BCUT2D eigenvalue weighted by molar-refractivity contribution is 5.70. The number of hydrogen-bond acceptors (Lipinski definition) is 10. The Morgan fingerprint density at radius 2 is 0.983 bits per heavy atom. The monoisotopic (exact) mass is 809 g/mol. The smallest absolute Gasteiger partial charge is 0.159 e. The topological polar surface area (TPSA) is 165 Å². The van der Waals surface area contributed by atoms with Gasteiger partial charge in [0.05, 0.1) is 42.8 Å². The number of nitrogens with two attached hydrogens (primary N) is 2. The zero-order valence-electron chi connectivity index (χ0n) is 36.9. The molecule has 6 aromatic rings. The Morgan fingerprint density at radius 1 is 0.567 bits per heavy atom. The summed E-state index contributed by atoms with van der Waals surface area (Å²) in [6, 6.07) is 31.6. The fraction of sp³-hybridized carbons (Fsp3) is 0.360. The Hall–Kier alpha value is -5.52. The molecule has 2 unspecified atom stereocenters. The molecule has 60 heavy (non-hydrogen) atoms. The number of nitrogens with zero attached hydrogens (tertiary/aromatic N) is 4. The lowest BCUT2D eigenvalue weighted by Gasteiger charge is -2.25. The van der Waals surface area contributed by atoms with Gasteiger partial charge >= 0.3 is 0 Å². The van der Waals surface area contributed by atoms with Gasteiger partial charge < -0.3 is 31.7 Å². The lowest BCUT2D eigenvalue weighted by atomic mass is 9.84. The largest absolute Gasteiger partial charge is 0.491 e. The van der Waals surface area contributed by atoms with Gasteiger partial charge in [-0.25, -0.2) is 19.9 Å². The van der Waals surface area contributed by atoms with Crippen LogP contribution in [0.15, 0.2) is 109 Å². The van der Waals surface area contributed by atoms with Gasteiger partial charge in [-0.15, -0.1) is 0 Å². The van der Waals surface area contributed by atoms with Gasteiger partial charge in [-0.2, -0.15) is 0 Å². The van der Waals surface area contributed by atoms with Crippen LogP contribution in [0.4, 0.5) is 5.69 Å². The molecule has 4 aromatic carbocycles. The fourth-order valence-electron chi connectivity index (χ4n) is 6.68. The third kappa shape index (κ3) is 11.8. The minimum Gasteiger partial charge on any atom is -0.491 e. The van der Waals surface area contributed by atoms with E-state index in [2.05, 4.69) is 94.9 Å². The number of aliphatic hydroxyl groups is 2. The van der Waals surface area contributed by atoms with Gasteiger partial charge in [0.1, 0.15) is 5.75 Å². The maximum Gasteiger partial charge on any atom is 0.159 e. The molecule has 0 saturated carbocycles. The van der Waals surface area contributed by atoms with Crippen molar-refractivity contribution in [3.05, 3.63) is 132 Å². The zero-order valence-corrected chi connectivity index (χ0v) is 36.9. The average Bonchev–Trinajstić information content (AvgIpc) is 3.22. The summed E-state index contributed by atoms with van der Waals surface area (Å²) in [5, 5.41) is 22.0. The van der Waals surface area contributed by atoms with Gasteiger partial charge in [0, 0.05) is 51.9 Å². The lowest BCUT2D eigenvalue weighted by molar-refractivity contribution is 0.236. The summed E-state index contributed by atoms with van der Waals surface area (Å²) < 4.78 is 6.03. The van der Waals surface area contributed by atoms with E-state index < -0.39 is 0 Å². The Bertz CT molecular complexity index is 2150. The number of aromatic nitrogens is 4. The van der Waals surface area contributed by atoms with Crippen LogP contribution in [0.5, 0.6) is 5.75 Å². The summed E-state index contributed by atoms with van der Waals surface area (Å²) in [6.07, 6.45) is 3.69. The van der Waals surface area contributed by atoms with E-state index in [1.165, 1.54) is 5.56 Å². The predicted octanol–water partition coefficient (Wildman–Crippen LogP) is 9.81. The normalized spacial score (nSPS) is 12.8. The van der Waals surface area contributed by atoms with Crippen molar-refractivity contribution >= 4 is 5.69 Å². The van der Waals surface area contributed by atoms with Gasteiger partial charge in [-0.1, -0.05) is 96.1 Å². The van der Waals surface area contributed by atoms with Crippen molar-refractivity contribution in [2.45, 2.75) is 104 Å². The number of ether oxygens (including phenoxy) is 1. The highest BCUT2D eigenvalue weighted by Crippen LogP contribution is 2.36. The first-order chi connectivity index (χ1) is 28.4. The third-order valence-corrected chi connectivity index (χ3v) is 9.91. The van der Waals surface area contributed by atoms with Crippen molar-refractivity contribution in [2.75, 3.05) is 18.5 Å². The summed E-state index contributed by atoms with van der Waals surface area (Å²) in [5.41, 5.74) is 22.7. The molecule has 0 bridgehead atoms. The SMILES string of the molecule is CC(C)Nc1ccc(-c2ccnc(-c3ccc(C(N)CO)cc3)n2)cc1C(C)(C)C.CC(C)Oc1ccc(-c2ccnc(-c3ccc(C(N)CO)cc3)n2)cc1C(C)(C)C. The van der Waals surface area contributed by atoms with Crippen molar-refractivity contribution < 1.29 is 14.9 Å². The number of nitrogens with one attached hydrogen (secondary N) is 1. The molecular formula is C50H63N7O3. The number of hydrogen-bond donors (Lipinski definition) is 5. The van der Waals surface area contributed by atoms with E-state index in [-0.39, 0.29) is 42.2 Å². The predicted molar refractivity (Wildman–Crippen MR) is 246 cm³/mol. The van der Waals surface area contributed by atoms with E-state index in [0.717, 1.165) is 61.8 Å². The highest BCUT2D eigenvalue weighted by atomic mass is 16.5. The van der Waals surface area contributed by atoms with E-state index in [4.69, 9.17) is 26.2 Å². The van der Waals surface area contributed by atoms with Crippen molar-refractivity contribution in [1.82, 2.24) is 19.9 Å². The Balaban J connectivity index is 0.000000228. The van der Waals surface area contributed by atoms with Gasteiger partial charge in [0.15, 0.2) is 11.6 Å². The summed E-state index contributed by atoms with van der Waals surface area (Å²) in [6.45, 7) is 21.4. The molecule has 2 atom stereocenters. The molecule has 0 radical (unpaired) electrons. The van der Waals surface area contributed by atoms with Gasteiger partial charge in [0.2, 0.25) is 0 Å². The summed E-state index contributed by atoms with van der Waals surface area (Å²) in [7, 11) is 0. The molecule has 0 aliphatic heterocycles. The molecule has 0 spiro atoms. The van der Waals surface area contributed by atoms with Crippen LogP contribution in [0.1, 0.15) is 104 Å². The molecule has 0 amide bonds. The first-order valence-corrected chi connectivity index (χ1v) is 20.7. The van der Waals surface area contributed by atoms with Crippen LogP contribution in [-0.2, 0) is 10.8 Å². The standard InChI is InChI=1S/C25H32N4O.C25H31N3O2/c1-16(2)28-23-11-10-19(14-20(23)25(3,4)5)22-12-13-27-24(29-22)18-8-6-17(7-9-18)21(26)15-30;1-16(2)30-23-11-10-19(14-20(23)25(3,4)5)22-12-13-27-24(28-22)18-8-6-17(7-9-18)21(26)15-29/h6-14,16,21,28,30H,15,26H2,1-5H3;6-14,16,21,29H,15,26H2,1-5H3. The molecule has 6 rings (SSSR count). The fourth-order valence-corrected chi connectivity index (χ4v) is 6.68. The van der Waals surface area contributed by atoms with Crippen LogP contribution in [0.25, 0.3) is 45.3 Å². The van der Waals surface area contributed by atoms with Gasteiger partial charge in [0.25, 0.3) is 0 Å². The van der Waals surface area contributed by atoms with Crippen LogP contribution in [-0.4, -0.2) is 55.5 Å². The van der Waals surface area contributed by atoms with Crippen molar-refractivity contribution in [1.29, 1.82) is 0 Å². The van der Waals surface area contributed by atoms with Crippen molar-refractivity contribution in [2.24, 2.45) is 11.5 Å². The third-order valence-electron chi connectivity index (χ3n) is 9.91. The van der Waals surface area contributed by atoms with E-state index in [1.54, 1.807) is 12.4 Å². The molecule has 10 nitrogen and oxygen atoms in total. The number of rotatable bonds is 12. The molecule has 316 valence electrons. The molecule has 10 heteroatoms. The molecular weight excluding hydrogens is 747 g/mol. The second-order valence-corrected chi connectivity index (χ2v) is 17.8. The minimum atomic E-state index is -0.381. The molecule has 7 N–H and O–H groups in total. The Morgan fingerprint density at radius 3 is 1.38 bits per heavy atom. The van der Waals surface area contributed by atoms with Crippen LogP contribution in [0.3, 0.4) is 0 Å². The first-order valence-electron chi connectivity index (χ1n) is 20.7. The van der Waals surface area contributed by atoms with Crippen LogP contribution in [0, 0.1) is 0 Å². The van der Waals surface area contributed by atoms with E-state index in [1.807, 2.05) is 86.6 Å². The number of aliphatic hydroxyl groups excluding tert-OH is 2. The number of benzene rings is 4. The second-order valence-electron chi connectivity index (χ2n) is 17.8. The molecule has 0 fully saturated rings. The molecule has 0 aliphatic rings. The highest BCUT2D eigenvalue weighted by Gasteiger charge is 2.22.